The molecule has 1 atom stereocenters. The molecule has 0 saturated carbocycles. The Balaban J connectivity index is 2.30. The van der Waals surface area contributed by atoms with Crippen LogP contribution in [0.25, 0.3) is 0 Å². The average molecular weight is 301 g/mol. The molecular formula is C12H16FN3O3S. The molecule has 6 nitrogen and oxygen atoms in total. The molecule has 0 aliphatic carbocycles. The molecule has 0 bridgehead atoms. The van der Waals surface area contributed by atoms with Crippen LogP contribution in [0, 0.1) is 11.7 Å². The first-order chi connectivity index (χ1) is 9.36. The van der Waals surface area contributed by atoms with E-state index in [1.165, 1.54) is 16.4 Å². The number of hydrogen-bond acceptors (Lipinski definition) is 4. The lowest BCUT2D eigenvalue weighted by molar-refractivity contribution is -0.121. The van der Waals surface area contributed by atoms with Crippen LogP contribution in [0.15, 0.2) is 23.1 Å². The number of primary amides is 1. The lowest BCUT2D eigenvalue weighted by Gasteiger charge is -2.16. The van der Waals surface area contributed by atoms with Crippen LogP contribution in [-0.2, 0) is 21.4 Å². The summed E-state index contributed by atoms with van der Waals surface area (Å²) in [6, 6.07) is 3.50. The molecule has 1 aliphatic rings. The summed E-state index contributed by atoms with van der Waals surface area (Å²) in [5.74, 6) is -1.52. The third-order valence-corrected chi connectivity index (χ3v) is 5.29. The Labute approximate surface area is 116 Å². The normalized spacial score (nSPS) is 20.2. The van der Waals surface area contributed by atoms with Crippen LogP contribution in [0.2, 0.25) is 0 Å². The highest BCUT2D eigenvalue weighted by Crippen LogP contribution is 2.25. The highest BCUT2D eigenvalue weighted by molar-refractivity contribution is 7.89. The van der Waals surface area contributed by atoms with E-state index in [9.17, 15) is 17.6 Å². The predicted molar refractivity (Wildman–Crippen MR) is 70.4 cm³/mol. The predicted octanol–water partition coefficient (Wildman–Crippen LogP) is -0.220. The van der Waals surface area contributed by atoms with Crippen molar-refractivity contribution in [2.45, 2.75) is 17.9 Å². The highest BCUT2D eigenvalue weighted by atomic mass is 32.2. The first-order valence-corrected chi connectivity index (χ1v) is 7.58. The molecule has 1 aromatic carbocycles. The van der Waals surface area contributed by atoms with Gasteiger partial charge in [0.15, 0.2) is 0 Å². The molecule has 1 heterocycles. The number of amides is 1. The van der Waals surface area contributed by atoms with Gasteiger partial charge in [0.25, 0.3) is 0 Å². The number of sulfonamides is 1. The maximum absolute atomic E-state index is 13.4. The molecule has 20 heavy (non-hydrogen) atoms. The van der Waals surface area contributed by atoms with Gasteiger partial charge in [0.2, 0.25) is 15.9 Å². The van der Waals surface area contributed by atoms with Gasteiger partial charge in [-0.25, -0.2) is 12.8 Å². The number of nitrogens with two attached hydrogens (primary N) is 2. The Bertz CT molecular complexity index is 633. The summed E-state index contributed by atoms with van der Waals surface area (Å²) in [6.07, 6.45) is 0.402. The number of halogens is 1. The van der Waals surface area contributed by atoms with Crippen molar-refractivity contribution in [3.8, 4) is 0 Å². The summed E-state index contributed by atoms with van der Waals surface area (Å²) in [5, 5.41) is 0. The quantitative estimate of drug-likeness (QED) is 0.801. The Morgan fingerprint density at radius 1 is 1.45 bits per heavy atom. The molecule has 1 amide bonds. The second-order valence-electron chi connectivity index (χ2n) is 4.71. The standard InChI is InChI=1S/C12H16FN3O3S/c13-11-2-1-10(5-9(11)6-14)20(18,19)16-4-3-8(7-16)12(15)17/h1-2,5,8H,3-4,6-7,14H2,(H2,15,17). The van der Waals surface area contributed by atoms with E-state index in [2.05, 4.69) is 0 Å². The van der Waals surface area contributed by atoms with Crippen molar-refractivity contribution in [2.75, 3.05) is 13.1 Å². The maximum atomic E-state index is 13.4. The van der Waals surface area contributed by atoms with Gasteiger partial charge in [0.1, 0.15) is 5.82 Å². The van der Waals surface area contributed by atoms with Gasteiger partial charge < -0.3 is 11.5 Å². The van der Waals surface area contributed by atoms with E-state index < -0.39 is 27.7 Å². The fourth-order valence-corrected chi connectivity index (χ4v) is 3.75. The number of benzene rings is 1. The fraction of sp³-hybridized carbons (Fsp3) is 0.417. The molecule has 0 radical (unpaired) electrons. The van der Waals surface area contributed by atoms with Crippen molar-refractivity contribution in [1.82, 2.24) is 4.31 Å². The number of rotatable bonds is 4. The summed E-state index contributed by atoms with van der Waals surface area (Å²) in [4.78, 5) is 11.1. The maximum Gasteiger partial charge on any atom is 0.243 e. The Morgan fingerprint density at radius 2 is 2.15 bits per heavy atom. The van der Waals surface area contributed by atoms with Gasteiger partial charge in [-0.2, -0.15) is 4.31 Å². The van der Waals surface area contributed by atoms with Gasteiger partial charge in [-0.15, -0.1) is 0 Å². The topological polar surface area (TPSA) is 106 Å². The summed E-state index contributed by atoms with van der Waals surface area (Å²) >= 11 is 0. The van der Waals surface area contributed by atoms with Gasteiger partial charge in [-0.1, -0.05) is 0 Å². The van der Waals surface area contributed by atoms with Gasteiger partial charge in [0.05, 0.1) is 10.8 Å². The van der Waals surface area contributed by atoms with Gasteiger partial charge in [-0.3, -0.25) is 4.79 Å². The number of carbonyl (C=O) groups is 1. The molecule has 1 aliphatic heterocycles. The van der Waals surface area contributed by atoms with E-state index in [1.54, 1.807) is 0 Å². The van der Waals surface area contributed by atoms with E-state index in [0.29, 0.717) is 6.42 Å². The Kier molecular flexibility index (Phi) is 4.07. The van der Waals surface area contributed by atoms with Gasteiger partial charge >= 0.3 is 0 Å². The van der Waals surface area contributed by atoms with Crippen molar-refractivity contribution < 1.29 is 17.6 Å². The van der Waals surface area contributed by atoms with Crippen molar-refractivity contribution in [1.29, 1.82) is 0 Å². The molecular weight excluding hydrogens is 285 g/mol. The monoisotopic (exact) mass is 301 g/mol. The summed E-state index contributed by atoms with van der Waals surface area (Å²) in [6.45, 7) is 0.206. The largest absolute Gasteiger partial charge is 0.369 e. The van der Waals surface area contributed by atoms with Gasteiger partial charge in [0, 0.05) is 25.2 Å². The van der Waals surface area contributed by atoms with E-state index in [-0.39, 0.29) is 30.1 Å². The lowest BCUT2D eigenvalue weighted by Crippen LogP contribution is -2.32. The number of carbonyl (C=O) groups excluding carboxylic acids is 1. The zero-order valence-electron chi connectivity index (χ0n) is 10.8. The second-order valence-corrected chi connectivity index (χ2v) is 6.65. The molecule has 1 aromatic rings. The van der Waals surface area contributed by atoms with Crippen LogP contribution in [0.4, 0.5) is 4.39 Å². The minimum absolute atomic E-state index is 0.0236. The Morgan fingerprint density at radius 3 is 2.70 bits per heavy atom. The van der Waals surface area contributed by atoms with Crippen molar-refractivity contribution in [2.24, 2.45) is 17.4 Å². The Hall–Kier alpha value is -1.51. The van der Waals surface area contributed by atoms with E-state index >= 15 is 0 Å². The van der Waals surface area contributed by atoms with Crippen LogP contribution >= 0.6 is 0 Å². The van der Waals surface area contributed by atoms with Crippen molar-refractivity contribution in [3.63, 3.8) is 0 Å². The third-order valence-electron chi connectivity index (χ3n) is 3.43. The number of hydrogen-bond donors (Lipinski definition) is 2. The summed E-state index contributed by atoms with van der Waals surface area (Å²) < 4.78 is 39.3. The minimum atomic E-state index is -3.75. The average Bonchev–Trinajstić information content (AvgIpc) is 2.89. The van der Waals surface area contributed by atoms with E-state index in [1.807, 2.05) is 0 Å². The minimum Gasteiger partial charge on any atom is -0.369 e. The molecule has 2 rings (SSSR count). The molecule has 1 saturated heterocycles. The molecule has 1 fully saturated rings. The first-order valence-electron chi connectivity index (χ1n) is 6.14. The highest BCUT2D eigenvalue weighted by Gasteiger charge is 2.35. The molecule has 0 spiro atoms. The SMILES string of the molecule is NCc1cc(S(=O)(=O)N2CCC(C(N)=O)C2)ccc1F. The lowest BCUT2D eigenvalue weighted by atomic mass is 10.1. The molecule has 110 valence electrons. The fourth-order valence-electron chi connectivity index (χ4n) is 2.20. The van der Waals surface area contributed by atoms with Crippen LogP contribution in [0.5, 0.6) is 0 Å². The summed E-state index contributed by atoms with van der Waals surface area (Å²) in [5.41, 5.74) is 10.7. The van der Waals surface area contributed by atoms with Crippen LogP contribution in [-0.4, -0.2) is 31.7 Å². The zero-order chi connectivity index (χ0) is 14.9. The number of nitrogens with zero attached hydrogens (tertiary/aromatic N) is 1. The van der Waals surface area contributed by atoms with Crippen molar-refractivity contribution in [3.05, 3.63) is 29.6 Å². The van der Waals surface area contributed by atoms with E-state index in [0.717, 1.165) is 6.07 Å². The smallest absolute Gasteiger partial charge is 0.243 e. The van der Waals surface area contributed by atoms with Crippen LogP contribution in [0.1, 0.15) is 12.0 Å². The molecule has 0 aromatic heterocycles. The third kappa shape index (κ3) is 2.67. The van der Waals surface area contributed by atoms with Crippen LogP contribution in [0.3, 0.4) is 0 Å². The molecule has 1 unspecified atom stereocenters. The van der Waals surface area contributed by atoms with E-state index in [4.69, 9.17) is 11.5 Å². The second kappa shape index (κ2) is 5.47. The van der Waals surface area contributed by atoms with Crippen LogP contribution < -0.4 is 11.5 Å². The van der Waals surface area contributed by atoms with Gasteiger partial charge in [-0.05, 0) is 24.6 Å². The summed E-state index contributed by atoms with van der Waals surface area (Å²) in [7, 11) is -3.75. The molecule has 4 N–H and O–H groups in total. The molecule has 8 heteroatoms. The van der Waals surface area contributed by atoms with Crippen molar-refractivity contribution >= 4 is 15.9 Å². The zero-order valence-corrected chi connectivity index (χ0v) is 11.6. The first kappa shape index (κ1) is 14.9.